The first-order valence-corrected chi connectivity index (χ1v) is 9.77. The molecule has 0 bridgehead atoms. The van der Waals surface area contributed by atoms with Crippen LogP contribution in [0.5, 0.6) is 0 Å². The molecule has 4 atom stereocenters. The molecule has 0 unspecified atom stereocenters. The fourth-order valence-corrected chi connectivity index (χ4v) is 4.09. The van der Waals surface area contributed by atoms with Gasteiger partial charge in [0.25, 0.3) is 0 Å². The molecular formula is C22H22N4O4. The Morgan fingerprint density at radius 2 is 1.90 bits per heavy atom. The summed E-state index contributed by atoms with van der Waals surface area (Å²) in [6.07, 6.45) is 1.43. The standard InChI is InChI=1S/C22H22N4O4/c1-22(2)29-17-15(11-27)28-21(18(17)30-22)26-10-14(9-8-13-6-4-3-5-7-13)16-19(23)24-12-25-20(16)26/h3-7,10,12,15,17-18,21,27H,11H2,1-2H3,(H2,23,24,25)/t15-,17-,18-,21-/m1/s1. The summed E-state index contributed by atoms with van der Waals surface area (Å²) in [5, 5.41) is 10.4. The molecule has 8 heteroatoms. The zero-order valence-corrected chi connectivity index (χ0v) is 16.6. The third-order valence-electron chi connectivity index (χ3n) is 5.33. The van der Waals surface area contributed by atoms with Crippen LogP contribution in [0.1, 0.15) is 31.2 Å². The summed E-state index contributed by atoms with van der Waals surface area (Å²) in [5.41, 5.74) is 8.35. The van der Waals surface area contributed by atoms with Gasteiger partial charge in [0.1, 0.15) is 36.1 Å². The first kappa shape index (κ1) is 19.0. The predicted molar refractivity (Wildman–Crippen MR) is 109 cm³/mol. The summed E-state index contributed by atoms with van der Waals surface area (Å²) in [4.78, 5) is 8.56. The van der Waals surface area contributed by atoms with Crippen molar-refractivity contribution in [1.82, 2.24) is 14.5 Å². The number of hydrogen-bond acceptors (Lipinski definition) is 7. The number of nitrogens with zero attached hydrogens (tertiary/aromatic N) is 3. The summed E-state index contributed by atoms with van der Waals surface area (Å²) in [6.45, 7) is 3.52. The monoisotopic (exact) mass is 406 g/mol. The molecule has 0 saturated carbocycles. The maximum atomic E-state index is 9.78. The van der Waals surface area contributed by atoms with Crippen molar-refractivity contribution < 1.29 is 19.3 Å². The summed E-state index contributed by atoms with van der Waals surface area (Å²) in [5.74, 6) is 5.91. The Hall–Kier alpha value is -2.96. The summed E-state index contributed by atoms with van der Waals surface area (Å²) >= 11 is 0. The van der Waals surface area contributed by atoms with Gasteiger partial charge in [-0.1, -0.05) is 30.0 Å². The number of hydrogen-bond donors (Lipinski definition) is 2. The van der Waals surface area contributed by atoms with Gasteiger partial charge in [0, 0.05) is 11.8 Å². The van der Waals surface area contributed by atoms with Crippen molar-refractivity contribution in [2.24, 2.45) is 0 Å². The molecule has 154 valence electrons. The second kappa shape index (κ2) is 7.07. The van der Waals surface area contributed by atoms with E-state index in [-0.39, 0.29) is 12.7 Å². The van der Waals surface area contributed by atoms with Crippen LogP contribution < -0.4 is 5.73 Å². The Morgan fingerprint density at radius 3 is 2.67 bits per heavy atom. The van der Waals surface area contributed by atoms with Crippen LogP contribution in [0.2, 0.25) is 0 Å². The fraction of sp³-hybridized carbons (Fsp3) is 0.364. The molecule has 3 N–H and O–H groups in total. The lowest BCUT2D eigenvalue weighted by Gasteiger charge is -2.24. The van der Waals surface area contributed by atoms with Crippen molar-refractivity contribution in [3.05, 3.63) is 54.0 Å². The van der Waals surface area contributed by atoms with E-state index in [4.69, 9.17) is 19.9 Å². The Morgan fingerprint density at radius 1 is 1.13 bits per heavy atom. The molecule has 5 rings (SSSR count). The average Bonchev–Trinajstić information content (AvgIpc) is 3.36. The smallest absolute Gasteiger partial charge is 0.164 e. The van der Waals surface area contributed by atoms with Crippen LogP contribution in [0.15, 0.2) is 42.9 Å². The predicted octanol–water partition coefficient (Wildman–Crippen LogP) is 1.82. The topological polar surface area (TPSA) is 105 Å². The van der Waals surface area contributed by atoms with Crippen molar-refractivity contribution in [3.63, 3.8) is 0 Å². The highest BCUT2D eigenvalue weighted by Gasteiger charge is 2.55. The Balaban J connectivity index is 1.61. The van der Waals surface area contributed by atoms with Gasteiger partial charge in [-0.25, -0.2) is 9.97 Å². The molecule has 3 aromatic rings. The van der Waals surface area contributed by atoms with Crippen LogP contribution in [-0.2, 0) is 14.2 Å². The largest absolute Gasteiger partial charge is 0.394 e. The highest BCUT2D eigenvalue weighted by Crippen LogP contribution is 2.44. The zero-order chi connectivity index (χ0) is 20.9. The van der Waals surface area contributed by atoms with Crippen molar-refractivity contribution in [2.75, 3.05) is 12.3 Å². The van der Waals surface area contributed by atoms with E-state index < -0.39 is 24.2 Å². The molecule has 1 aromatic carbocycles. The zero-order valence-electron chi connectivity index (χ0n) is 16.6. The number of nitrogens with two attached hydrogens (primary N) is 1. The van der Waals surface area contributed by atoms with Crippen LogP contribution in [0.25, 0.3) is 11.0 Å². The molecule has 0 spiro atoms. The highest BCUT2D eigenvalue weighted by molar-refractivity contribution is 5.92. The number of ether oxygens (including phenoxy) is 3. The molecule has 2 aliphatic heterocycles. The van der Waals surface area contributed by atoms with Crippen molar-refractivity contribution >= 4 is 16.9 Å². The molecular weight excluding hydrogens is 384 g/mol. The van der Waals surface area contributed by atoms with E-state index in [0.717, 1.165) is 5.56 Å². The molecule has 0 amide bonds. The summed E-state index contributed by atoms with van der Waals surface area (Å²) in [7, 11) is 0. The van der Waals surface area contributed by atoms with Crippen molar-refractivity contribution in [3.8, 4) is 11.8 Å². The number of aliphatic hydroxyl groups excluding tert-OH is 1. The van der Waals surface area contributed by atoms with Gasteiger partial charge in [-0.2, -0.15) is 0 Å². The number of aliphatic hydroxyl groups is 1. The molecule has 2 aromatic heterocycles. The first-order chi connectivity index (χ1) is 14.5. The molecule has 0 radical (unpaired) electrons. The minimum atomic E-state index is -0.766. The van der Waals surface area contributed by atoms with Crippen LogP contribution >= 0.6 is 0 Å². The minimum absolute atomic E-state index is 0.173. The number of fused-ring (bicyclic) bond motifs is 2. The van der Waals surface area contributed by atoms with Crippen molar-refractivity contribution in [2.45, 2.75) is 44.2 Å². The molecule has 2 fully saturated rings. The Bertz CT molecular complexity index is 1150. The SMILES string of the molecule is CC1(C)O[C@@H]2[C@H](O1)[C@@H](CO)O[C@H]2n1cc(C#Cc2ccccc2)c2c(N)ncnc21. The first-order valence-electron chi connectivity index (χ1n) is 9.77. The fourth-order valence-electron chi connectivity index (χ4n) is 4.09. The number of nitrogen functional groups attached to an aromatic ring is 1. The highest BCUT2D eigenvalue weighted by atomic mass is 16.8. The van der Waals surface area contributed by atoms with Crippen LogP contribution in [-0.4, -0.2) is 50.3 Å². The van der Waals surface area contributed by atoms with Gasteiger partial charge in [0.05, 0.1) is 17.6 Å². The van der Waals surface area contributed by atoms with E-state index in [1.54, 1.807) is 0 Å². The second-order valence-corrected chi connectivity index (χ2v) is 7.84. The van der Waals surface area contributed by atoms with Crippen molar-refractivity contribution in [1.29, 1.82) is 0 Å². The molecule has 0 aliphatic carbocycles. The second-order valence-electron chi connectivity index (χ2n) is 7.84. The number of anilines is 1. The molecule has 8 nitrogen and oxygen atoms in total. The van der Waals surface area contributed by atoms with E-state index in [1.807, 2.05) is 54.9 Å². The Labute approximate surface area is 173 Å². The van der Waals surface area contributed by atoms with Crippen LogP contribution in [0.4, 0.5) is 5.82 Å². The molecule has 2 saturated heterocycles. The van der Waals surface area contributed by atoms with Crippen LogP contribution in [0, 0.1) is 11.8 Å². The Kier molecular flexibility index (Phi) is 4.49. The summed E-state index contributed by atoms with van der Waals surface area (Å²) < 4.78 is 20.0. The normalized spacial score (nSPS) is 27.0. The van der Waals surface area contributed by atoms with E-state index >= 15 is 0 Å². The minimum Gasteiger partial charge on any atom is -0.394 e. The number of rotatable bonds is 2. The quantitative estimate of drug-likeness (QED) is 0.626. The van der Waals surface area contributed by atoms with Gasteiger partial charge in [-0.05, 0) is 26.0 Å². The third kappa shape index (κ3) is 3.13. The van der Waals surface area contributed by atoms with Crippen LogP contribution in [0.3, 0.4) is 0 Å². The van der Waals surface area contributed by atoms with Gasteiger partial charge in [0.15, 0.2) is 12.0 Å². The maximum absolute atomic E-state index is 9.78. The molecule has 4 heterocycles. The number of benzene rings is 1. The lowest BCUT2D eigenvalue weighted by Crippen LogP contribution is -2.31. The van der Waals surface area contributed by atoms with E-state index in [2.05, 4.69) is 21.8 Å². The van der Waals surface area contributed by atoms with Gasteiger partial charge < -0.3 is 29.6 Å². The summed E-state index contributed by atoms with van der Waals surface area (Å²) in [6, 6.07) is 9.69. The number of aromatic nitrogens is 3. The third-order valence-corrected chi connectivity index (χ3v) is 5.33. The molecule has 2 aliphatic rings. The van der Waals surface area contributed by atoms with E-state index in [1.165, 1.54) is 6.33 Å². The molecule has 30 heavy (non-hydrogen) atoms. The van der Waals surface area contributed by atoms with E-state index in [9.17, 15) is 5.11 Å². The lowest BCUT2D eigenvalue weighted by atomic mass is 10.1. The maximum Gasteiger partial charge on any atom is 0.164 e. The lowest BCUT2D eigenvalue weighted by molar-refractivity contribution is -0.199. The van der Waals surface area contributed by atoms with Gasteiger partial charge >= 0.3 is 0 Å². The van der Waals surface area contributed by atoms with Gasteiger partial charge in [-0.3, -0.25) is 0 Å². The van der Waals surface area contributed by atoms with Gasteiger partial charge in [0.2, 0.25) is 0 Å². The van der Waals surface area contributed by atoms with Gasteiger partial charge in [-0.15, -0.1) is 0 Å². The average molecular weight is 406 g/mol. The van der Waals surface area contributed by atoms with E-state index in [0.29, 0.717) is 22.4 Å².